The molecule has 10 heteroatoms. The maximum atomic E-state index is 13.7. The highest BCUT2D eigenvalue weighted by atomic mass is 35.5. The Morgan fingerprint density at radius 2 is 1.62 bits per heavy atom. The zero-order chi connectivity index (χ0) is 21.3. The van der Waals surface area contributed by atoms with E-state index in [9.17, 15) is 26.7 Å². The van der Waals surface area contributed by atoms with Crippen molar-refractivity contribution in [2.75, 3.05) is 5.32 Å². The topological polar surface area (TPSA) is 51.5 Å². The molecule has 0 spiro atoms. The second kappa shape index (κ2) is 8.12. The molecule has 3 aromatic rings. The summed E-state index contributed by atoms with van der Waals surface area (Å²) in [4.78, 5) is 12.1. The van der Waals surface area contributed by atoms with E-state index in [-0.39, 0.29) is 12.4 Å². The van der Waals surface area contributed by atoms with Crippen molar-refractivity contribution in [3.63, 3.8) is 0 Å². The van der Waals surface area contributed by atoms with Gasteiger partial charge in [0.15, 0.2) is 29.0 Å². The number of aryl methyl sites for hydroxylation is 1. The Hall–Kier alpha value is -3.07. The predicted octanol–water partition coefficient (Wildman–Crippen LogP) is 5.77. The molecule has 1 N–H and O–H groups in total. The average molecular weight is 432 g/mol. The molecular weight excluding hydrogens is 421 g/mol. The van der Waals surface area contributed by atoms with Crippen LogP contribution in [0.2, 0.25) is 5.02 Å². The molecule has 0 aliphatic carbocycles. The molecule has 0 aliphatic rings. The van der Waals surface area contributed by atoms with Crippen LogP contribution >= 0.6 is 11.6 Å². The minimum absolute atomic E-state index is 0.125. The molecule has 1 aromatic heterocycles. The Morgan fingerprint density at radius 3 is 2.24 bits per heavy atom. The summed E-state index contributed by atoms with van der Waals surface area (Å²) in [7, 11) is 0. The quantitative estimate of drug-likeness (QED) is 0.317. The average Bonchev–Trinajstić information content (AvgIpc) is 3.17. The maximum absolute atomic E-state index is 13.7. The fraction of sp³-hybridized carbons (Fsp3) is 0.105. The van der Waals surface area contributed by atoms with Gasteiger partial charge in [-0.3, -0.25) is 4.79 Å². The third-order valence-corrected chi connectivity index (χ3v) is 4.15. The number of carbonyl (C=O) groups excluding carboxylic acids is 1. The molecule has 3 rings (SSSR count). The van der Waals surface area contributed by atoms with Crippen molar-refractivity contribution >= 4 is 23.2 Å². The van der Waals surface area contributed by atoms with E-state index in [1.807, 2.05) is 0 Å². The molecule has 2 aromatic carbocycles. The zero-order valence-electron chi connectivity index (χ0n) is 14.6. The van der Waals surface area contributed by atoms with Gasteiger partial charge in [0.1, 0.15) is 23.8 Å². The Labute approximate surface area is 165 Å². The van der Waals surface area contributed by atoms with Gasteiger partial charge >= 0.3 is 0 Å². The first-order valence-corrected chi connectivity index (χ1v) is 8.38. The second-order valence-corrected chi connectivity index (χ2v) is 6.25. The fourth-order valence-corrected chi connectivity index (χ4v) is 2.69. The first kappa shape index (κ1) is 20.7. The smallest absolute Gasteiger partial charge is 0.291 e. The van der Waals surface area contributed by atoms with Gasteiger partial charge in [0.25, 0.3) is 5.91 Å². The number of rotatable bonds is 5. The number of anilines is 1. The van der Waals surface area contributed by atoms with Crippen molar-refractivity contribution in [3.05, 3.63) is 81.5 Å². The normalized spacial score (nSPS) is 10.9. The summed E-state index contributed by atoms with van der Waals surface area (Å²) in [5.41, 5.74) is -0.722. The lowest BCUT2D eigenvalue weighted by atomic mass is 10.2. The highest BCUT2D eigenvalue weighted by Gasteiger charge is 2.27. The Morgan fingerprint density at radius 1 is 1.00 bits per heavy atom. The molecule has 0 fully saturated rings. The molecule has 0 unspecified atom stereocenters. The van der Waals surface area contributed by atoms with Crippen LogP contribution < -0.4 is 10.1 Å². The summed E-state index contributed by atoms with van der Waals surface area (Å²) in [5, 5.41) is 1.98. The lowest BCUT2D eigenvalue weighted by molar-refractivity contribution is 0.0991. The van der Waals surface area contributed by atoms with E-state index in [1.54, 1.807) is 30.4 Å². The monoisotopic (exact) mass is 431 g/mol. The molecule has 0 radical (unpaired) electrons. The number of halogens is 6. The number of hydrogen-bond donors (Lipinski definition) is 1. The molecule has 1 amide bonds. The van der Waals surface area contributed by atoms with Crippen molar-refractivity contribution in [2.24, 2.45) is 0 Å². The maximum Gasteiger partial charge on any atom is 0.291 e. The molecule has 152 valence electrons. The van der Waals surface area contributed by atoms with Crippen molar-refractivity contribution in [3.8, 4) is 5.75 Å². The second-order valence-electron chi connectivity index (χ2n) is 5.84. The van der Waals surface area contributed by atoms with Gasteiger partial charge in [-0.15, -0.1) is 0 Å². The largest absolute Gasteiger partial charge is 0.484 e. The lowest BCUT2D eigenvalue weighted by Crippen LogP contribution is -2.16. The molecule has 0 saturated carbocycles. The van der Waals surface area contributed by atoms with Gasteiger partial charge < -0.3 is 14.5 Å². The predicted molar refractivity (Wildman–Crippen MR) is 93.4 cm³/mol. The van der Waals surface area contributed by atoms with Gasteiger partial charge in [0, 0.05) is 0 Å². The van der Waals surface area contributed by atoms with E-state index in [0.29, 0.717) is 10.8 Å². The van der Waals surface area contributed by atoms with E-state index in [4.69, 9.17) is 20.8 Å². The number of hydrogen-bond acceptors (Lipinski definition) is 3. The highest BCUT2D eigenvalue weighted by Crippen LogP contribution is 2.30. The standard InChI is InChI=1S/C19H11ClF5NO3/c1-8-3-2-4-10(20)18(8)28-7-9-5-6-11(29-9)19(27)26-17-15(24)13(22)12(21)14(23)16(17)25/h2-6H,7H2,1H3,(H,26,27). The van der Waals surface area contributed by atoms with Gasteiger partial charge in [-0.1, -0.05) is 23.7 Å². The van der Waals surface area contributed by atoms with Crippen LogP contribution in [0, 0.1) is 36.0 Å². The first-order valence-electron chi connectivity index (χ1n) is 8.00. The lowest BCUT2D eigenvalue weighted by Gasteiger charge is -2.09. The first-order chi connectivity index (χ1) is 13.7. The van der Waals surface area contributed by atoms with Crippen molar-refractivity contribution in [1.82, 2.24) is 0 Å². The summed E-state index contributed by atoms with van der Waals surface area (Å²) < 4.78 is 77.6. The van der Waals surface area contributed by atoms with Gasteiger partial charge in [-0.05, 0) is 30.7 Å². The number of para-hydroxylation sites is 1. The minimum atomic E-state index is -2.33. The molecule has 4 nitrogen and oxygen atoms in total. The molecule has 0 atom stereocenters. The fourth-order valence-electron chi connectivity index (χ4n) is 2.41. The van der Waals surface area contributed by atoms with E-state index >= 15 is 0 Å². The number of nitrogens with one attached hydrogen (secondary N) is 1. The van der Waals surface area contributed by atoms with Crippen molar-refractivity contribution < 1.29 is 35.9 Å². The molecule has 1 heterocycles. The van der Waals surface area contributed by atoms with E-state index in [0.717, 1.165) is 11.6 Å². The van der Waals surface area contributed by atoms with Crippen LogP contribution in [0.1, 0.15) is 21.9 Å². The third kappa shape index (κ3) is 4.04. The molecule has 0 aliphatic heterocycles. The van der Waals surface area contributed by atoms with Crippen LogP contribution in [0.25, 0.3) is 0 Å². The number of ether oxygens (including phenoxy) is 1. The van der Waals surface area contributed by atoms with E-state index < -0.39 is 46.4 Å². The van der Waals surface area contributed by atoms with Crippen LogP contribution in [-0.4, -0.2) is 5.91 Å². The third-order valence-electron chi connectivity index (χ3n) is 3.86. The summed E-state index contributed by atoms with van der Waals surface area (Å²) in [6, 6.07) is 7.62. The van der Waals surface area contributed by atoms with Gasteiger partial charge in [-0.25, -0.2) is 22.0 Å². The number of benzene rings is 2. The molecule has 29 heavy (non-hydrogen) atoms. The minimum Gasteiger partial charge on any atom is -0.484 e. The highest BCUT2D eigenvalue weighted by molar-refractivity contribution is 6.32. The summed E-state index contributed by atoms with van der Waals surface area (Å²) in [5.74, 6) is -12.1. The SMILES string of the molecule is Cc1cccc(Cl)c1OCc1ccc(C(=O)Nc2c(F)c(F)c(F)c(F)c2F)o1. The zero-order valence-corrected chi connectivity index (χ0v) is 15.3. The van der Waals surface area contributed by atoms with Crippen LogP contribution in [-0.2, 0) is 6.61 Å². The van der Waals surface area contributed by atoms with Crippen molar-refractivity contribution in [1.29, 1.82) is 0 Å². The Bertz CT molecular complexity index is 1050. The van der Waals surface area contributed by atoms with Crippen LogP contribution in [0.5, 0.6) is 5.75 Å². The number of furan rings is 1. The van der Waals surface area contributed by atoms with E-state index in [2.05, 4.69) is 0 Å². The number of amides is 1. The molecule has 0 saturated heterocycles. The summed E-state index contributed by atoms with van der Waals surface area (Å²) >= 11 is 6.03. The van der Waals surface area contributed by atoms with E-state index in [1.165, 1.54) is 6.07 Å². The van der Waals surface area contributed by atoms with Crippen molar-refractivity contribution in [2.45, 2.75) is 13.5 Å². The van der Waals surface area contributed by atoms with Gasteiger partial charge in [0.2, 0.25) is 5.82 Å². The Balaban J connectivity index is 1.75. The van der Waals surface area contributed by atoms with Crippen LogP contribution in [0.15, 0.2) is 34.7 Å². The number of carbonyl (C=O) groups is 1. The van der Waals surface area contributed by atoms with Gasteiger partial charge in [-0.2, -0.15) is 0 Å². The van der Waals surface area contributed by atoms with Crippen LogP contribution in [0.4, 0.5) is 27.6 Å². The summed E-state index contributed by atoms with van der Waals surface area (Å²) in [6.07, 6.45) is 0. The summed E-state index contributed by atoms with van der Waals surface area (Å²) in [6.45, 7) is 1.65. The van der Waals surface area contributed by atoms with Crippen LogP contribution in [0.3, 0.4) is 0 Å². The van der Waals surface area contributed by atoms with Gasteiger partial charge in [0.05, 0.1) is 5.02 Å². The molecule has 0 bridgehead atoms. The molecular formula is C19H11ClF5NO3. The Kier molecular flexibility index (Phi) is 5.78.